The third-order valence-corrected chi connectivity index (χ3v) is 2.74. The standard InChI is InChI=1S/C13H17NO/c1-2-10-3-5-11(6-4-10)9-13(15)14-12-7-8-12/h3-6,12H,2,7-9H2,1H3,(H,14,15). The van der Waals surface area contributed by atoms with Crippen LogP contribution in [0.3, 0.4) is 0 Å². The van der Waals surface area contributed by atoms with Gasteiger partial charge in [-0.25, -0.2) is 0 Å². The van der Waals surface area contributed by atoms with Crippen molar-refractivity contribution in [2.45, 2.75) is 38.6 Å². The van der Waals surface area contributed by atoms with Crippen LogP contribution in [-0.4, -0.2) is 11.9 Å². The highest BCUT2D eigenvalue weighted by atomic mass is 16.1. The third kappa shape index (κ3) is 3.08. The molecular formula is C13H17NO. The molecule has 1 saturated carbocycles. The fourth-order valence-electron chi connectivity index (χ4n) is 1.58. The highest BCUT2D eigenvalue weighted by Crippen LogP contribution is 2.18. The first kappa shape index (κ1) is 10.2. The Morgan fingerprint density at radius 3 is 2.40 bits per heavy atom. The van der Waals surface area contributed by atoms with E-state index in [0.717, 1.165) is 24.8 Å². The molecule has 1 aliphatic carbocycles. The number of hydrogen-bond donors (Lipinski definition) is 1. The summed E-state index contributed by atoms with van der Waals surface area (Å²) < 4.78 is 0. The Hall–Kier alpha value is -1.31. The van der Waals surface area contributed by atoms with Crippen molar-refractivity contribution in [3.63, 3.8) is 0 Å². The smallest absolute Gasteiger partial charge is 0.224 e. The SMILES string of the molecule is CCc1ccc(CC(=O)NC2CC2)cc1. The van der Waals surface area contributed by atoms with Gasteiger partial charge < -0.3 is 5.32 Å². The Kier molecular flexibility index (Phi) is 3.05. The molecule has 0 unspecified atom stereocenters. The number of amides is 1. The first-order valence-corrected chi connectivity index (χ1v) is 5.65. The first-order valence-electron chi connectivity index (χ1n) is 5.65. The minimum absolute atomic E-state index is 0.154. The summed E-state index contributed by atoms with van der Waals surface area (Å²) in [5.41, 5.74) is 2.42. The second-order valence-corrected chi connectivity index (χ2v) is 4.19. The number of rotatable bonds is 4. The molecule has 0 heterocycles. The van der Waals surface area contributed by atoms with E-state index in [0.29, 0.717) is 12.5 Å². The molecular weight excluding hydrogens is 186 g/mol. The van der Waals surface area contributed by atoms with E-state index in [1.54, 1.807) is 0 Å². The van der Waals surface area contributed by atoms with Crippen LogP contribution in [0, 0.1) is 0 Å². The van der Waals surface area contributed by atoms with Crippen LogP contribution < -0.4 is 5.32 Å². The fourth-order valence-corrected chi connectivity index (χ4v) is 1.58. The molecule has 1 amide bonds. The zero-order valence-electron chi connectivity index (χ0n) is 9.12. The van der Waals surface area contributed by atoms with Crippen molar-refractivity contribution in [1.29, 1.82) is 0 Å². The third-order valence-electron chi connectivity index (χ3n) is 2.74. The topological polar surface area (TPSA) is 29.1 Å². The van der Waals surface area contributed by atoms with Gasteiger partial charge in [0, 0.05) is 6.04 Å². The summed E-state index contributed by atoms with van der Waals surface area (Å²) in [6.45, 7) is 2.13. The number of benzene rings is 1. The Morgan fingerprint density at radius 1 is 1.27 bits per heavy atom. The van der Waals surface area contributed by atoms with Crippen LogP contribution in [0.1, 0.15) is 30.9 Å². The summed E-state index contributed by atoms with van der Waals surface area (Å²) in [6.07, 6.45) is 3.87. The van der Waals surface area contributed by atoms with Gasteiger partial charge in [0.05, 0.1) is 6.42 Å². The van der Waals surface area contributed by atoms with E-state index >= 15 is 0 Å². The summed E-state index contributed by atoms with van der Waals surface area (Å²) in [4.78, 5) is 11.5. The summed E-state index contributed by atoms with van der Waals surface area (Å²) in [5, 5.41) is 2.99. The highest BCUT2D eigenvalue weighted by molar-refractivity contribution is 5.79. The Labute approximate surface area is 90.7 Å². The van der Waals surface area contributed by atoms with Gasteiger partial charge in [0.2, 0.25) is 5.91 Å². The van der Waals surface area contributed by atoms with Gasteiger partial charge in [-0.1, -0.05) is 31.2 Å². The minimum Gasteiger partial charge on any atom is -0.353 e. The summed E-state index contributed by atoms with van der Waals surface area (Å²) in [7, 11) is 0. The van der Waals surface area contributed by atoms with Crippen LogP contribution in [0.2, 0.25) is 0 Å². The molecule has 1 fully saturated rings. The van der Waals surface area contributed by atoms with Gasteiger partial charge in [0.25, 0.3) is 0 Å². The second kappa shape index (κ2) is 4.47. The lowest BCUT2D eigenvalue weighted by Crippen LogP contribution is -2.26. The molecule has 80 valence electrons. The maximum absolute atomic E-state index is 11.5. The van der Waals surface area contributed by atoms with Crippen LogP contribution in [-0.2, 0) is 17.6 Å². The predicted octanol–water partition coefficient (Wildman–Crippen LogP) is 2.07. The van der Waals surface area contributed by atoms with E-state index in [1.807, 2.05) is 12.1 Å². The first-order chi connectivity index (χ1) is 7.28. The number of carbonyl (C=O) groups excluding carboxylic acids is 1. The van der Waals surface area contributed by atoms with Gasteiger partial charge in [0.15, 0.2) is 0 Å². The average molecular weight is 203 g/mol. The van der Waals surface area contributed by atoms with Crippen molar-refractivity contribution >= 4 is 5.91 Å². The molecule has 15 heavy (non-hydrogen) atoms. The number of nitrogens with one attached hydrogen (secondary N) is 1. The zero-order valence-corrected chi connectivity index (χ0v) is 9.12. The fraction of sp³-hybridized carbons (Fsp3) is 0.462. The Morgan fingerprint density at radius 2 is 1.87 bits per heavy atom. The van der Waals surface area contributed by atoms with Crippen molar-refractivity contribution in [2.75, 3.05) is 0 Å². The molecule has 0 aromatic heterocycles. The highest BCUT2D eigenvalue weighted by Gasteiger charge is 2.22. The van der Waals surface area contributed by atoms with E-state index < -0.39 is 0 Å². The van der Waals surface area contributed by atoms with Crippen molar-refractivity contribution in [2.24, 2.45) is 0 Å². The normalized spacial score (nSPS) is 15.0. The van der Waals surface area contributed by atoms with Crippen molar-refractivity contribution in [3.8, 4) is 0 Å². The zero-order chi connectivity index (χ0) is 10.7. The Bertz CT molecular complexity index is 338. The number of carbonyl (C=O) groups is 1. The summed E-state index contributed by atoms with van der Waals surface area (Å²) in [6, 6.07) is 8.75. The van der Waals surface area contributed by atoms with E-state index in [4.69, 9.17) is 0 Å². The van der Waals surface area contributed by atoms with Crippen molar-refractivity contribution < 1.29 is 4.79 Å². The molecule has 2 nitrogen and oxygen atoms in total. The molecule has 2 rings (SSSR count). The van der Waals surface area contributed by atoms with Crippen LogP contribution in [0.25, 0.3) is 0 Å². The van der Waals surface area contributed by atoms with Gasteiger partial charge in [-0.05, 0) is 30.4 Å². The van der Waals surface area contributed by atoms with E-state index in [2.05, 4.69) is 24.4 Å². The lowest BCUT2D eigenvalue weighted by Gasteiger charge is -2.04. The summed E-state index contributed by atoms with van der Waals surface area (Å²) >= 11 is 0. The number of aryl methyl sites for hydroxylation is 1. The lowest BCUT2D eigenvalue weighted by atomic mass is 10.1. The average Bonchev–Trinajstić information content (AvgIpc) is 3.03. The quantitative estimate of drug-likeness (QED) is 0.797. The maximum atomic E-state index is 11.5. The van der Waals surface area contributed by atoms with E-state index in [1.165, 1.54) is 5.56 Å². The maximum Gasteiger partial charge on any atom is 0.224 e. The molecule has 0 radical (unpaired) electrons. The molecule has 0 saturated heterocycles. The van der Waals surface area contributed by atoms with E-state index in [-0.39, 0.29) is 5.91 Å². The van der Waals surface area contributed by atoms with Gasteiger partial charge in [-0.2, -0.15) is 0 Å². The van der Waals surface area contributed by atoms with Crippen LogP contribution in [0.5, 0.6) is 0 Å². The molecule has 1 aromatic carbocycles. The van der Waals surface area contributed by atoms with Crippen LogP contribution >= 0.6 is 0 Å². The molecule has 1 aromatic rings. The lowest BCUT2D eigenvalue weighted by molar-refractivity contribution is -0.120. The van der Waals surface area contributed by atoms with E-state index in [9.17, 15) is 4.79 Å². The molecule has 1 N–H and O–H groups in total. The monoisotopic (exact) mass is 203 g/mol. The van der Waals surface area contributed by atoms with Gasteiger partial charge in [-0.3, -0.25) is 4.79 Å². The van der Waals surface area contributed by atoms with Crippen LogP contribution in [0.4, 0.5) is 0 Å². The van der Waals surface area contributed by atoms with Gasteiger partial charge in [0.1, 0.15) is 0 Å². The molecule has 1 aliphatic rings. The van der Waals surface area contributed by atoms with Crippen molar-refractivity contribution in [1.82, 2.24) is 5.32 Å². The molecule has 0 aliphatic heterocycles. The summed E-state index contributed by atoms with van der Waals surface area (Å²) in [5.74, 6) is 0.154. The van der Waals surface area contributed by atoms with Crippen molar-refractivity contribution in [3.05, 3.63) is 35.4 Å². The molecule has 0 spiro atoms. The van der Waals surface area contributed by atoms with Gasteiger partial charge >= 0.3 is 0 Å². The molecule has 2 heteroatoms. The molecule has 0 atom stereocenters. The molecule has 0 bridgehead atoms. The van der Waals surface area contributed by atoms with Crippen LogP contribution in [0.15, 0.2) is 24.3 Å². The van der Waals surface area contributed by atoms with Gasteiger partial charge in [-0.15, -0.1) is 0 Å². The largest absolute Gasteiger partial charge is 0.353 e. The predicted molar refractivity (Wildman–Crippen MR) is 60.7 cm³/mol. The minimum atomic E-state index is 0.154. The number of hydrogen-bond acceptors (Lipinski definition) is 1. The second-order valence-electron chi connectivity index (χ2n) is 4.19. The Balaban J connectivity index is 1.88.